The number of hydrogen-bond acceptors (Lipinski definition) is 8. The maximum atomic E-state index is 12.8. The number of primary amides is 1. The normalized spacial score (nSPS) is 13.4. The van der Waals surface area contributed by atoms with Crippen molar-refractivity contribution in [2.45, 2.75) is 45.6 Å². The van der Waals surface area contributed by atoms with Crippen LogP contribution in [0, 0.1) is 0 Å². The van der Waals surface area contributed by atoms with Crippen molar-refractivity contribution in [1.29, 1.82) is 0 Å². The molecule has 31 heavy (non-hydrogen) atoms. The number of furan rings is 1. The summed E-state index contributed by atoms with van der Waals surface area (Å²) >= 11 is 1.46. The highest BCUT2D eigenvalue weighted by Crippen LogP contribution is 2.37. The van der Waals surface area contributed by atoms with Crippen molar-refractivity contribution in [2.24, 2.45) is 5.73 Å². The molecule has 164 valence electrons. The molecule has 0 bridgehead atoms. The van der Waals surface area contributed by atoms with Crippen molar-refractivity contribution in [3.8, 4) is 11.7 Å². The maximum Gasteiger partial charge on any atom is 0.283 e. The molecule has 10 heteroatoms. The second-order valence-electron chi connectivity index (χ2n) is 7.52. The van der Waals surface area contributed by atoms with Gasteiger partial charge in [-0.1, -0.05) is 6.92 Å². The zero-order valence-electron chi connectivity index (χ0n) is 17.3. The Hall–Kier alpha value is -2.98. The average molecular weight is 444 g/mol. The number of carbonyl (C=O) groups is 2. The molecule has 0 aromatic carbocycles. The van der Waals surface area contributed by atoms with E-state index in [1.165, 1.54) is 17.6 Å². The van der Waals surface area contributed by atoms with Gasteiger partial charge < -0.3 is 19.9 Å². The Morgan fingerprint density at radius 2 is 2.13 bits per heavy atom. The number of anilines is 1. The molecular weight excluding hydrogens is 418 g/mol. The van der Waals surface area contributed by atoms with E-state index in [9.17, 15) is 9.59 Å². The highest BCUT2D eigenvalue weighted by atomic mass is 32.1. The molecule has 0 aliphatic heterocycles. The fraction of sp³-hybridized carbons (Fsp3) is 0.429. The van der Waals surface area contributed by atoms with Crippen LogP contribution in [0.1, 0.15) is 52.9 Å². The van der Waals surface area contributed by atoms with Crippen molar-refractivity contribution in [2.75, 3.05) is 18.4 Å². The number of aryl methyl sites for hydroxylation is 1. The Morgan fingerprint density at radius 1 is 1.29 bits per heavy atom. The van der Waals surface area contributed by atoms with Crippen LogP contribution in [0.25, 0.3) is 11.7 Å². The second-order valence-corrected chi connectivity index (χ2v) is 8.62. The van der Waals surface area contributed by atoms with Gasteiger partial charge in [0.05, 0.1) is 24.9 Å². The van der Waals surface area contributed by atoms with E-state index in [-0.39, 0.29) is 12.5 Å². The quantitative estimate of drug-likeness (QED) is 0.520. The van der Waals surface area contributed by atoms with E-state index in [1.807, 2.05) is 11.8 Å². The molecule has 0 fully saturated rings. The summed E-state index contributed by atoms with van der Waals surface area (Å²) in [7, 11) is 0. The second kappa shape index (κ2) is 9.44. The van der Waals surface area contributed by atoms with Gasteiger partial charge in [-0.15, -0.1) is 21.5 Å². The molecule has 3 N–H and O–H groups in total. The van der Waals surface area contributed by atoms with Crippen LogP contribution in [0.4, 0.5) is 5.00 Å². The molecule has 2 amide bonds. The third-order valence-corrected chi connectivity index (χ3v) is 6.34. The van der Waals surface area contributed by atoms with Crippen LogP contribution in [-0.2, 0) is 24.2 Å². The fourth-order valence-corrected chi connectivity index (χ4v) is 5.13. The van der Waals surface area contributed by atoms with Gasteiger partial charge in [-0.3, -0.25) is 14.5 Å². The summed E-state index contributed by atoms with van der Waals surface area (Å²) in [5, 5.41) is 11.5. The van der Waals surface area contributed by atoms with Crippen LogP contribution in [0.15, 0.2) is 27.2 Å². The third kappa shape index (κ3) is 4.86. The zero-order chi connectivity index (χ0) is 21.8. The summed E-state index contributed by atoms with van der Waals surface area (Å²) in [6.07, 6.45) is 6.27. The molecule has 4 rings (SSSR count). The van der Waals surface area contributed by atoms with Gasteiger partial charge >= 0.3 is 0 Å². The summed E-state index contributed by atoms with van der Waals surface area (Å²) in [6, 6.07) is 3.49. The fourth-order valence-electron chi connectivity index (χ4n) is 3.82. The largest absolute Gasteiger partial charge is 0.459 e. The molecule has 3 aromatic rings. The minimum absolute atomic E-state index is 0.132. The smallest absolute Gasteiger partial charge is 0.283 e. The monoisotopic (exact) mass is 443 g/mol. The molecule has 3 aromatic heterocycles. The number of fused-ring (bicyclic) bond motifs is 1. The molecule has 3 heterocycles. The molecule has 0 radical (unpaired) electrons. The predicted molar refractivity (Wildman–Crippen MR) is 116 cm³/mol. The molecule has 0 saturated heterocycles. The lowest BCUT2D eigenvalue weighted by Gasteiger charge is -2.19. The summed E-state index contributed by atoms with van der Waals surface area (Å²) < 4.78 is 10.9. The third-order valence-electron chi connectivity index (χ3n) is 5.14. The lowest BCUT2D eigenvalue weighted by molar-refractivity contribution is -0.117. The molecular formula is C21H25N5O4S. The van der Waals surface area contributed by atoms with E-state index < -0.39 is 5.91 Å². The summed E-state index contributed by atoms with van der Waals surface area (Å²) in [4.78, 5) is 27.9. The Balaban J connectivity index is 1.44. The van der Waals surface area contributed by atoms with Gasteiger partial charge in [-0.05, 0) is 56.3 Å². The first-order valence-corrected chi connectivity index (χ1v) is 11.2. The lowest BCUT2D eigenvalue weighted by atomic mass is 9.95. The number of amides is 2. The first kappa shape index (κ1) is 21.3. The lowest BCUT2D eigenvalue weighted by Crippen LogP contribution is -2.33. The molecule has 1 aliphatic rings. The Labute approximate surface area is 183 Å². The molecule has 9 nitrogen and oxygen atoms in total. The Morgan fingerprint density at radius 3 is 2.87 bits per heavy atom. The van der Waals surface area contributed by atoms with E-state index in [4.69, 9.17) is 14.6 Å². The molecule has 1 aliphatic carbocycles. The van der Waals surface area contributed by atoms with Crippen LogP contribution in [0.2, 0.25) is 0 Å². The van der Waals surface area contributed by atoms with E-state index in [0.29, 0.717) is 41.2 Å². The standard InChI is InChI=1S/C21H25N5O4S/c1-2-9-26(12-17-24-25-20(30-17)14-7-5-10-29-14)11-16(27)23-21-18(19(22)28)13-6-3-4-8-15(13)31-21/h5,7,10H,2-4,6,8-9,11-12H2,1H3,(H2,22,28)(H,23,27). The number of carbonyl (C=O) groups excluding carboxylic acids is 2. The first-order chi connectivity index (χ1) is 15.0. The topological polar surface area (TPSA) is 127 Å². The molecule has 0 atom stereocenters. The Kier molecular flexibility index (Phi) is 6.47. The van der Waals surface area contributed by atoms with Gasteiger partial charge in [-0.2, -0.15) is 0 Å². The van der Waals surface area contributed by atoms with Crippen molar-refractivity contribution in [3.05, 3.63) is 40.3 Å². The van der Waals surface area contributed by atoms with Crippen molar-refractivity contribution < 1.29 is 18.4 Å². The summed E-state index contributed by atoms with van der Waals surface area (Å²) in [5.74, 6) is 0.504. The van der Waals surface area contributed by atoms with Crippen molar-refractivity contribution in [3.63, 3.8) is 0 Å². The molecule has 0 saturated carbocycles. The number of thiophene rings is 1. The highest BCUT2D eigenvalue weighted by Gasteiger charge is 2.25. The summed E-state index contributed by atoms with van der Waals surface area (Å²) in [5.41, 5.74) is 7.09. The van der Waals surface area contributed by atoms with Gasteiger partial charge in [0, 0.05) is 4.88 Å². The average Bonchev–Trinajstić information content (AvgIpc) is 3.47. The van der Waals surface area contributed by atoms with Crippen LogP contribution >= 0.6 is 11.3 Å². The van der Waals surface area contributed by atoms with Crippen LogP contribution in [0.5, 0.6) is 0 Å². The van der Waals surface area contributed by atoms with Gasteiger partial charge in [-0.25, -0.2) is 0 Å². The number of aromatic nitrogens is 2. The SMILES string of the molecule is CCCN(CC(=O)Nc1sc2c(c1C(N)=O)CCCC2)Cc1nnc(-c2ccco2)o1. The van der Waals surface area contributed by atoms with Gasteiger partial charge in [0.2, 0.25) is 11.8 Å². The highest BCUT2D eigenvalue weighted by molar-refractivity contribution is 7.17. The van der Waals surface area contributed by atoms with Crippen molar-refractivity contribution in [1.82, 2.24) is 15.1 Å². The zero-order valence-corrected chi connectivity index (χ0v) is 18.2. The van der Waals surface area contributed by atoms with E-state index >= 15 is 0 Å². The minimum Gasteiger partial charge on any atom is -0.459 e. The summed E-state index contributed by atoms with van der Waals surface area (Å²) in [6.45, 7) is 3.17. The van der Waals surface area contributed by atoms with Gasteiger partial charge in [0.15, 0.2) is 5.76 Å². The van der Waals surface area contributed by atoms with Crippen LogP contribution in [-0.4, -0.2) is 40.0 Å². The minimum atomic E-state index is -0.489. The molecule has 0 spiro atoms. The van der Waals surface area contributed by atoms with Crippen LogP contribution < -0.4 is 11.1 Å². The number of nitrogens with zero attached hydrogens (tertiary/aromatic N) is 3. The predicted octanol–water partition coefficient (Wildman–Crippen LogP) is 3.22. The Bertz CT molecular complexity index is 1060. The van der Waals surface area contributed by atoms with E-state index in [0.717, 1.165) is 42.5 Å². The number of nitrogens with one attached hydrogen (secondary N) is 1. The van der Waals surface area contributed by atoms with E-state index in [1.54, 1.807) is 12.1 Å². The van der Waals surface area contributed by atoms with Crippen molar-refractivity contribution >= 4 is 28.2 Å². The van der Waals surface area contributed by atoms with Gasteiger partial charge in [0.25, 0.3) is 11.8 Å². The molecule has 0 unspecified atom stereocenters. The van der Waals surface area contributed by atoms with Gasteiger partial charge in [0.1, 0.15) is 5.00 Å². The van der Waals surface area contributed by atoms with Crippen LogP contribution in [0.3, 0.4) is 0 Å². The maximum absolute atomic E-state index is 12.8. The number of nitrogens with two attached hydrogens (primary N) is 1. The number of rotatable bonds is 9. The van der Waals surface area contributed by atoms with E-state index in [2.05, 4.69) is 15.5 Å². The number of hydrogen-bond donors (Lipinski definition) is 2. The first-order valence-electron chi connectivity index (χ1n) is 10.4.